The lowest BCUT2D eigenvalue weighted by Crippen LogP contribution is -1.94. The summed E-state index contributed by atoms with van der Waals surface area (Å²) in [4.78, 5) is 3.39. The average Bonchev–Trinajstić information content (AvgIpc) is 2.62. The third-order valence-electron chi connectivity index (χ3n) is 2.91. The van der Waals surface area contributed by atoms with Crippen molar-refractivity contribution in [3.8, 4) is 6.07 Å². The van der Waals surface area contributed by atoms with Gasteiger partial charge in [-0.2, -0.15) is 5.26 Å². The molecule has 0 amide bonds. The number of aromatic amines is 1. The van der Waals surface area contributed by atoms with Gasteiger partial charge in [0.05, 0.1) is 12.0 Å². The lowest BCUT2D eigenvalue weighted by atomic mass is 9.98. The lowest BCUT2D eigenvalue weighted by Gasteiger charge is -2.04. The summed E-state index contributed by atoms with van der Waals surface area (Å²) < 4.78 is 0. The number of nitrogens with one attached hydrogen (secondary N) is 1. The summed E-state index contributed by atoms with van der Waals surface area (Å²) in [6.07, 6.45) is 3.56. The number of hydrogen-bond acceptors (Lipinski definition) is 1. The van der Waals surface area contributed by atoms with E-state index in [4.69, 9.17) is 5.26 Å². The fourth-order valence-electron chi connectivity index (χ4n) is 2.35. The molecule has 2 nitrogen and oxygen atoms in total. The summed E-state index contributed by atoms with van der Waals surface area (Å²) in [6.45, 7) is 4.05. The van der Waals surface area contributed by atoms with Gasteiger partial charge in [0.2, 0.25) is 0 Å². The standard InChI is InChI=1S/C11H14N2/c1-7(6-12)11-8(2)13-10-5-3-4-9(10)11/h7,13H,3-5H2,1-2H3. The Labute approximate surface area is 78.6 Å². The first-order valence-electron chi connectivity index (χ1n) is 4.84. The number of nitriles is 1. The summed E-state index contributed by atoms with van der Waals surface area (Å²) in [5, 5.41) is 8.90. The Morgan fingerprint density at radius 1 is 1.46 bits per heavy atom. The molecule has 0 saturated heterocycles. The van der Waals surface area contributed by atoms with Crippen LogP contribution in [0.5, 0.6) is 0 Å². The van der Waals surface area contributed by atoms with Crippen LogP contribution in [0.25, 0.3) is 0 Å². The smallest absolute Gasteiger partial charge is 0.0704 e. The van der Waals surface area contributed by atoms with Crippen LogP contribution in [-0.2, 0) is 12.8 Å². The molecule has 68 valence electrons. The fraction of sp³-hybridized carbons (Fsp3) is 0.545. The van der Waals surface area contributed by atoms with Crippen LogP contribution in [-0.4, -0.2) is 4.98 Å². The van der Waals surface area contributed by atoms with Gasteiger partial charge in [0.1, 0.15) is 0 Å². The van der Waals surface area contributed by atoms with Crippen LogP contribution in [0.15, 0.2) is 0 Å². The molecule has 1 aromatic rings. The number of hydrogen-bond donors (Lipinski definition) is 1. The second-order valence-corrected chi connectivity index (χ2v) is 3.83. The summed E-state index contributed by atoms with van der Waals surface area (Å²) in [6, 6.07) is 2.32. The first kappa shape index (κ1) is 8.37. The van der Waals surface area contributed by atoms with Crippen LogP contribution in [0.3, 0.4) is 0 Å². The maximum Gasteiger partial charge on any atom is 0.0704 e. The minimum Gasteiger partial charge on any atom is -0.362 e. The van der Waals surface area contributed by atoms with Crippen molar-refractivity contribution in [1.29, 1.82) is 5.26 Å². The number of aryl methyl sites for hydroxylation is 2. The van der Waals surface area contributed by atoms with E-state index in [1.807, 2.05) is 6.92 Å². The van der Waals surface area contributed by atoms with Crippen LogP contribution < -0.4 is 0 Å². The first-order chi connectivity index (χ1) is 6.24. The number of fused-ring (bicyclic) bond motifs is 1. The molecule has 1 unspecified atom stereocenters. The van der Waals surface area contributed by atoms with Crippen LogP contribution >= 0.6 is 0 Å². The van der Waals surface area contributed by atoms with E-state index in [1.165, 1.54) is 28.9 Å². The molecular weight excluding hydrogens is 160 g/mol. The highest BCUT2D eigenvalue weighted by molar-refractivity contribution is 5.43. The predicted octanol–water partition coefficient (Wildman–Crippen LogP) is 2.44. The molecule has 0 radical (unpaired) electrons. The van der Waals surface area contributed by atoms with Crippen molar-refractivity contribution in [2.75, 3.05) is 0 Å². The molecule has 1 aromatic heterocycles. The summed E-state index contributed by atoms with van der Waals surface area (Å²) in [5.41, 5.74) is 5.25. The largest absolute Gasteiger partial charge is 0.362 e. The molecule has 1 aliphatic rings. The first-order valence-corrected chi connectivity index (χ1v) is 4.84. The highest BCUT2D eigenvalue weighted by Gasteiger charge is 2.22. The Bertz CT molecular complexity index is 368. The number of nitrogens with zero attached hydrogens (tertiary/aromatic N) is 1. The third kappa shape index (κ3) is 1.16. The van der Waals surface area contributed by atoms with Crippen molar-refractivity contribution in [1.82, 2.24) is 4.98 Å². The third-order valence-corrected chi connectivity index (χ3v) is 2.91. The highest BCUT2D eigenvalue weighted by atomic mass is 14.7. The van der Waals surface area contributed by atoms with Gasteiger partial charge in [-0.1, -0.05) is 0 Å². The van der Waals surface area contributed by atoms with Crippen LogP contribution in [0.2, 0.25) is 0 Å². The zero-order valence-electron chi connectivity index (χ0n) is 8.15. The second kappa shape index (κ2) is 2.92. The molecule has 0 saturated carbocycles. The molecule has 0 spiro atoms. The van der Waals surface area contributed by atoms with Gasteiger partial charge in [0.15, 0.2) is 0 Å². The molecule has 1 aliphatic carbocycles. The average molecular weight is 174 g/mol. The van der Waals surface area contributed by atoms with Gasteiger partial charge < -0.3 is 4.98 Å². The topological polar surface area (TPSA) is 39.6 Å². The monoisotopic (exact) mass is 174 g/mol. The maximum absolute atomic E-state index is 8.90. The van der Waals surface area contributed by atoms with Crippen LogP contribution in [0.1, 0.15) is 41.8 Å². The Kier molecular flexibility index (Phi) is 1.88. The van der Waals surface area contributed by atoms with Gasteiger partial charge in [-0.25, -0.2) is 0 Å². The van der Waals surface area contributed by atoms with Gasteiger partial charge in [0.25, 0.3) is 0 Å². The zero-order chi connectivity index (χ0) is 9.42. The molecule has 13 heavy (non-hydrogen) atoms. The van der Waals surface area contributed by atoms with Gasteiger partial charge in [-0.15, -0.1) is 0 Å². The van der Waals surface area contributed by atoms with Crippen molar-refractivity contribution in [2.45, 2.75) is 39.0 Å². The van der Waals surface area contributed by atoms with E-state index in [2.05, 4.69) is 18.0 Å². The van der Waals surface area contributed by atoms with E-state index < -0.39 is 0 Å². The number of H-pyrrole nitrogens is 1. The predicted molar refractivity (Wildman–Crippen MR) is 51.6 cm³/mol. The Hall–Kier alpha value is -1.23. The van der Waals surface area contributed by atoms with Gasteiger partial charge in [0, 0.05) is 11.4 Å². The van der Waals surface area contributed by atoms with E-state index in [0.717, 1.165) is 12.8 Å². The van der Waals surface area contributed by atoms with E-state index in [9.17, 15) is 0 Å². The molecule has 2 heteroatoms. The second-order valence-electron chi connectivity index (χ2n) is 3.83. The molecule has 0 bridgehead atoms. The number of rotatable bonds is 1. The van der Waals surface area contributed by atoms with Crippen molar-refractivity contribution in [2.24, 2.45) is 0 Å². The molecule has 0 aliphatic heterocycles. The van der Waals surface area contributed by atoms with Crippen molar-refractivity contribution in [3.05, 3.63) is 22.5 Å². The fourth-order valence-corrected chi connectivity index (χ4v) is 2.35. The highest BCUT2D eigenvalue weighted by Crippen LogP contribution is 2.32. The molecular formula is C11H14N2. The van der Waals surface area contributed by atoms with Gasteiger partial charge in [-0.3, -0.25) is 0 Å². The molecule has 1 atom stereocenters. The maximum atomic E-state index is 8.90. The van der Waals surface area contributed by atoms with E-state index in [-0.39, 0.29) is 5.92 Å². The quantitative estimate of drug-likeness (QED) is 0.697. The van der Waals surface area contributed by atoms with Crippen LogP contribution in [0.4, 0.5) is 0 Å². The molecule has 2 rings (SSSR count). The van der Waals surface area contributed by atoms with Crippen molar-refractivity contribution < 1.29 is 0 Å². The van der Waals surface area contributed by atoms with Gasteiger partial charge in [-0.05, 0) is 44.2 Å². The summed E-state index contributed by atoms with van der Waals surface area (Å²) in [5.74, 6) is 0.0399. The minimum absolute atomic E-state index is 0.0399. The lowest BCUT2D eigenvalue weighted by molar-refractivity contribution is 0.862. The number of aromatic nitrogens is 1. The normalized spacial score (nSPS) is 16.7. The van der Waals surface area contributed by atoms with E-state index >= 15 is 0 Å². The molecule has 0 fully saturated rings. The summed E-state index contributed by atoms with van der Waals surface area (Å²) in [7, 11) is 0. The Morgan fingerprint density at radius 3 is 2.92 bits per heavy atom. The van der Waals surface area contributed by atoms with Crippen molar-refractivity contribution >= 4 is 0 Å². The molecule has 1 N–H and O–H groups in total. The van der Waals surface area contributed by atoms with Gasteiger partial charge >= 0.3 is 0 Å². The molecule has 0 aromatic carbocycles. The zero-order valence-corrected chi connectivity index (χ0v) is 8.15. The van der Waals surface area contributed by atoms with E-state index in [1.54, 1.807) is 0 Å². The minimum atomic E-state index is 0.0399. The summed E-state index contributed by atoms with van der Waals surface area (Å²) >= 11 is 0. The van der Waals surface area contributed by atoms with Crippen molar-refractivity contribution in [3.63, 3.8) is 0 Å². The Morgan fingerprint density at radius 2 is 2.23 bits per heavy atom. The molecule has 1 heterocycles. The van der Waals surface area contributed by atoms with E-state index in [0.29, 0.717) is 0 Å². The SMILES string of the molecule is Cc1[nH]c2c(c1C(C)C#N)CCC2. The van der Waals surface area contributed by atoms with Crippen LogP contribution in [0, 0.1) is 18.3 Å². The Balaban J connectivity index is 2.51.